The summed E-state index contributed by atoms with van der Waals surface area (Å²) in [7, 11) is 0. The minimum Gasteiger partial charge on any atom is -0.481 e. The molecule has 1 fully saturated rings. The molecule has 2 aliphatic rings. The van der Waals surface area contributed by atoms with Crippen LogP contribution in [0.1, 0.15) is 38.2 Å². The first kappa shape index (κ1) is 12.3. The number of hydrogen-bond donors (Lipinski definition) is 1. The van der Waals surface area contributed by atoms with Crippen LogP contribution in [0.2, 0.25) is 0 Å². The predicted molar refractivity (Wildman–Crippen MR) is 69.5 cm³/mol. The molecule has 0 amide bonds. The van der Waals surface area contributed by atoms with Crippen LogP contribution in [0.5, 0.6) is 11.5 Å². The summed E-state index contributed by atoms with van der Waals surface area (Å²) in [6, 6.07) is 5.53. The Morgan fingerprint density at radius 3 is 2.63 bits per heavy atom. The maximum atomic E-state index is 11.8. The van der Waals surface area contributed by atoms with Crippen LogP contribution in [0.25, 0.3) is 0 Å². The second-order valence-electron chi connectivity index (χ2n) is 5.64. The van der Waals surface area contributed by atoms with Gasteiger partial charge in [0.25, 0.3) is 0 Å². The Balaban J connectivity index is 1.99. The molecule has 0 unspecified atom stereocenters. The maximum Gasteiger partial charge on any atom is 0.314 e. The lowest BCUT2D eigenvalue weighted by Gasteiger charge is -2.36. The summed E-state index contributed by atoms with van der Waals surface area (Å²) >= 11 is 0. The molecule has 1 aliphatic carbocycles. The van der Waals surface area contributed by atoms with E-state index in [1.807, 2.05) is 18.2 Å². The van der Waals surface area contributed by atoms with E-state index >= 15 is 0 Å². The van der Waals surface area contributed by atoms with Crippen molar-refractivity contribution in [1.82, 2.24) is 0 Å². The number of hydrogen-bond acceptors (Lipinski definition) is 3. The highest BCUT2D eigenvalue weighted by molar-refractivity contribution is 5.82. The van der Waals surface area contributed by atoms with Crippen molar-refractivity contribution in [2.45, 2.75) is 38.0 Å². The fourth-order valence-electron chi connectivity index (χ4n) is 3.08. The first-order valence-electron chi connectivity index (χ1n) is 6.75. The molecule has 0 aromatic heterocycles. The molecule has 1 aliphatic heterocycles. The summed E-state index contributed by atoms with van der Waals surface area (Å²) in [4.78, 5) is 11.8. The number of ether oxygens (including phenoxy) is 2. The third kappa shape index (κ3) is 1.95. The van der Waals surface area contributed by atoms with E-state index in [0.717, 1.165) is 18.4 Å². The highest BCUT2D eigenvalue weighted by atomic mass is 16.7. The molecule has 1 N–H and O–H groups in total. The Morgan fingerprint density at radius 1 is 1.26 bits per heavy atom. The van der Waals surface area contributed by atoms with Gasteiger partial charge in [-0.15, -0.1) is 0 Å². The van der Waals surface area contributed by atoms with Gasteiger partial charge in [0.05, 0.1) is 5.41 Å². The molecule has 1 heterocycles. The van der Waals surface area contributed by atoms with Gasteiger partial charge in [-0.3, -0.25) is 4.79 Å². The van der Waals surface area contributed by atoms with Gasteiger partial charge < -0.3 is 14.6 Å². The molecule has 0 atom stereocenters. The average Bonchev–Trinajstić information content (AvgIpc) is 2.86. The number of rotatable bonds is 2. The quantitative estimate of drug-likeness (QED) is 0.890. The fourth-order valence-corrected chi connectivity index (χ4v) is 3.08. The van der Waals surface area contributed by atoms with Crippen LogP contribution in [0.3, 0.4) is 0 Å². The van der Waals surface area contributed by atoms with Gasteiger partial charge in [-0.25, -0.2) is 0 Å². The van der Waals surface area contributed by atoms with Gasteiger partial charge in [0.2, 0.25) is 6.79 Å². The molecule has 102 valence electrons. The molecule has 0 saturated heterocycles. The molecule has 0 radical (unpaired) electrons. The van der Waals surface area contributed by atoms with Crippen LogP contribution in [0.15, 0.2) is 18.2 Å². The van der Waals surface area contributed by atoms with Crippen LogP contribution in [0.4, 0.5) is 0 Å². The van der Waals surface area contributed by atoms with E-state index in [2.05, 4.69) is 6.92 Å². The normalized spacial score (nSPS) is 29.2. The van der Waals surface area contributed by atoms with Crippen LogP contribution in [0, 0.1) is 5.92 Å². The van der Waals surface area contributed by atoms with Crippen LogP contribution < -0.4 is 9.47 Å². The number of carboxylic acid groups (broad SMARTS) is 1. The molecule has 19 heavy (non-hydrogen) atoms. The zero-order valence-electron chi connectivity index (χ0n) is 11.0. The first-order valence-corrected chi connectivity index (χ1v) is 6.75. The second-order valence-corrected chi connectivity index (χ2v) is 5.64. The number of carbonyl (C=O) groups is 1. The molecule has 1 aromatic rings. The van der Waals surface area contributed by atoms with E-state index in [0.29, 0.717) is 30.3 Å². The minimum absolute atomic E-state index is 0.218. The summed E-state index contributed by atoms with van der Waals surface area (Å²) in [6.07, 6.45) is 3.31. The molecule has 4 nitrogen and oxygen atoms in total. The molecule has 3 rings (SSSR count). The predicted octanol–water partition coefficient (Wildman–Crippen LogP) is 2.95. The summed E-state index contributed by atoms with van der Waals surface area (Å²) in [5.41, 5.74) is 0.0872. The molecule has 0 spiro atoms. The maximum absolute atomic E-state index is 11.8. The Hall–Kier alpha value is -1.71. The SMILES string of the molecule is CC1CCC(C(=O)O)(c2ccc3c(c2)OCO3)CC1. The number of carboxylic acids is 1. The van der Waals surface area contributed by atoms with Crippen molar-refractivity contribution in [2.24, 2.45) is 5.92 Å². The zero-order chi connectivity index (χ0) is 13.5. The highest BCUT2D eigenvalue weighted by Crippen LogP contribution is 2.44. The number of benzene rings is 1. The van der Waals surface area contributed by atoms with Crippen LogP contribution in [-0.2, 0) is 10.2 Å². The lowest BCUT2D eigenvalue weighted by molar-refractivity contribution is -0.145. The third-order valence-electron chi connectivity index (χ3n) is 4.46. The van der Waals surface area contributed by atoms with Crippen molar-refractivity contribution in [3.63, 3.8) is 0 Å². The Kier molecular flexibility index (Phi) is 2.88. The Bertz CT molecular complexity index is 501. The third-order valence-corrected chi connectivity index (χ3v) is 4.46. The Labute approximate surface area is 112 Å². The standard InChI is InChI=1S/C15H18O4/c1-10-4-6-15(7-5-10,14(16)17)11-2-3-12-13(8-11)19-9-18-12/h2-3,8,10H,4-7,9H2,1H3,(H,16,17). The number of aliphatic carboxylic acids is 1. The summed E-state index contributed by atoms with van der Waals surface area (Å²) in [6.45, 7) is 2.40. The van der Waals surface area contributed by atoms with Gasteiger partial charge in [0, 0.05) is 0 Å². The van der Waals surface area contributed by atoms with Crippen molar-refractivity contribution < 1.29 is 19.4 Å². The lowest BCUT2D eigenvalue weighted by atomic mass is 9.67. The van der Waals surface area contributed by atoms with Gasteiger partial charge in [-0.05, 0) is 49.3 Å². The van der Waals surface area contributed by atoms with Gasteiger partial charge in [-0.1, -0.05) is 13.0 Å². The summed E-state index contributed by atoms with van der Waals surface area (Å²) in [5.74, 6) is 1.25. The zero-order valence-corrected chi connectivity index (χ0v) is 11.0. The molecular formula is C15H18O4. The van der Waals surface area contributed by atoms with Gasteiger partial charge in [0.1, 0.15) is 0 Å². The topological polar surface area (TPSA) is 55.8 Å². The summed E-state index contributed by atoms with van der Waals surface area (Å²) < 4.78 is 10.6. The van der Waals surface area contributed by atoms with Crippen LogP contribution in [-0.4, -0.2) is 17.9 Å². The molecule has 1 saturated carbocycles. The van der Waals surface area contributed by atoms with Crippen molar-refractivity contribution in [3.8, 4) is 11.5 Å². The lowest BCUT2D eigenvalue weighted by Crippen LogP contribution is -2.39. The van der Waals surface area contributed by atoms with Gasteiger partial charge >= 0.3 is 5.97 Å². The van der Waals surface area contributed by atoms with E-state index in [1.165, 1.54) is 0 Å². The van der Waals surface area contributed by atoms with Crippen molar-refractivity contribution in [1.29, 1.82) is 0 Å². The molecular weight excluding hydrogens is 244 g/mol. The smallest absolute Gasteiger partial charge is 0.314 e. The van der Waals surface area contributed by atoms with E-state index in [1.54, 1.807) is 0 Å². The monoisotopic (exact) mass is 262 g/mol. The van der Waals surface area contributed by atoms with E-state index < -0.39 is 11.4 Å². The van der Waals surface area contributed by atoms with Crippen molar-refractivity contribution in [2.75, 3.05) is 6.79 Å². The first-order chi connectivity index (χ1) is 9.12. The molecule has 4 heteroatoms. The van der Waals surface area contributed by atoms with E-state index in [9.17, 15) is 9.90 Å². The Morgan fingerprint density at radius 2 is 1.95 bits per heavy atom. The highest BCUT2D eigenvalue weighted by Gasteiger charge is 2.43. The molecule has 1 aromatic carbocycles. The fraction of sp³-hybridized carbons (Fsp3) is 0.533. The van der Waals surface area contributed by atoms with Crippen LogP contribution >= 0.6 is 0 Å². The summed E-state index contributed by atoms with van der Waals surface area (Å²) in [5, 5.41) is 9.70. The van der Waals surface area contributed by atoms with Crippen molar-refractivity contribution >= 4 is 5.97 Å². The van der Waals surface area contributed by atoms with Crippen molar-refractivity contribution in [3.05, 3.63) is 23.8 Å². The molecule has 0 bridgehead atoms. The largest absolute Gasteiger partial charge is 0.481 e. The average molecular weight is 262 g/mol. The minimum atomic E-state index is -0.756. The van der Waals surface area contributed by atoms with Gasteiger partial charge in [0.15, 0.2) is 11.5 Å². The number of fused-ring (bicyclic) bond motifs is 1. The van der Waals surface area contributed by atoms with Gasteiger partial charge in [-0.2, -0.15) is 0 Å². The van der Waals surface area contributed by atoms with E-state index in [4.69, 9.17) is 9.47 Å². The second kappa shape index (κ2) is 4.44. The van der Waals surface area contributed by atoms with E-state index in [-0.39, 0.29) is 6.79 Å².